The summed E-state index contributed by atoms with van der Waals surface area (Å²) in [7, 11) is 0. The molecule has 2 heterocycles. The van der Waals surface area contributed by atoms with Crippen molar-refractivity contribution in [3.05, 3.63) is 59.8 Å². The van der Waals surface area contributed by atoms with Crippen molar-refractivity contribution in [2.75, 3.05) is 39.3 Å². The third-order valence-electron chi connectivity index (χ3n) is 5.36. The number of piperazine rings is 1. The minimum absolute atomic E-state index is 0.0913. The molecule has 10 heteroatoms. The van der Waals surface area contributed by atoms with Crippen LogP contribution >= 0.6 is 0 Å². The van der Waals surface area contributed by atoms with Gasteiger partial charge in [-0.25, -0.2) is 14.6 Å². The van der Waals surface area contributed by atoms with Crippen molar-refractivity contribution in [2.24, 2.45) is 0 Å². The summed E-state index contributed by atoms with van der Waals surface area (Å²) in [6, 6.07) is 13.0. The van der Waals surface area contributed by atoms with Gasteiger partial charge in [0, 0.05) is 50.6 Å². The topological polar surface area (TPSA) is 117 Å². The zero-order valence-electron chi connectivity index (χ0n) is 21.2. The summed E-state index contributed by atoms with van der Waals surface area (Å²) in [5, 5.41) is 10.4. The highest BCUT2D eigenvalue weighted by Crippen LogP contribution is 2.11. The first-order valence-corrected chi connectivity index (χ1v) is 12.1. The van der Waals surface area contributed by atoms with E-state index in [1.807, 2.05) is 30.3 Å². The van der Waals surface area contributed by atoms with Crippen molar-refractivity contribution >= 4 is 18.0 Å². The molecule has 1 aliphatic heterocycles. The number of nitrogens with one attached hydrogen (secondary N) is 2. The van der Waals surface area contributed by atoms with Gasteiger partial charge in [0.1, 0.15) is 18.0 Å². The second kappa shape index (κ2) is 12.9. The van der Waals surface area contributed by atoms with Gasteiger partial charge in [-0.2, -0.15) is 0 Å². The van der Waals surface area contributed by atoms with E-state index in [2.05, 4.69) is 15.2 Å². The maximum Gasteiger partial charge on any atom is 0.413 e. The van der Waals surface area contributed by atoms with E-state index in [9.17, 15) is 9.59 Å². The summed E-state index contributed by atoms with van der Waals surface area (Å²) in [6.45, 7) is 9.78. The first kappa shape index (κ1) is 26.9. The van der Waals surface area contributed by atoms with Crippen LogP contribution in [0.25, 0.3) is 0 Å². The van der Waals surface area contributed by atoms with Crippen LogP contribution in [-0.4, -0.2) is 77.7 Å². The van der Waals surface area contributed by atoms with Crippen molar-refractivity contribution in [1.82, 2.24) is 20.1 Å². The fraction of sp³-hybridized carbons (Fsp3) is 0.462. The highest BCUT2D eigenvalue weighted by atomic mass is 16.6. The third kappa shape index (κ3) is 9.18. The molecule has 1 fully saturated rings. The highest BCUT2D eigenvalue weighted by Gasteiger charge is 2.22. The van der Waals surface area contributed by atoms with Gasteiger partial charge in [-0.15, -0.1) is 0 Å². The smallest absolute Gasteiger partial charge is 0.413 e. The summed E-state index contributed by atoms with van der Waals surface area (Å²) in [5.41, 5.74) is 0.792. The summed E-state index contributed by atoms with van der Waals surface area (Å²) in [4.78, 5) is 32.3. The van der Waals surface area contributed by atoms with Gasteiger partial charge in [-0.1, -0.05) is 30.3 Å². The van der Waals surface area contributed by atoms with Gasteiger partial charge in [0.15, 0.2) is 0 Å². The second-order valence-electron chi connectivity index (χ2n) is 9.46. The Balaban J connectivity index is 1.29. The number of ether oxygens (including phenoxy) is 3. The molecule has 0 unspecified atom stereocenters. The fourth-order valence-electron chi connectivity index (χ4n) is 3.52. The lowest BCUT2D eigenvalue weighted by Gasteiger charge is -2.34. The third-order valence-corrected chi connectivity index (χ3v) is 5.36. The van der Waals surface area contributed by atoms with E-state index >= 15 is 0 Å². The molecule has 36 heavy (non-hydrogen) atoms. The molecule has 0 radical (unpaired) electrons. The molecule has 1 aliphatic rings. The van der Waals surface area contributed by atoms with E-state index in [-0.39, 0.29) is 18.5 Å². The molecular formula is C26H35N5O5. The molecule has 1 saturated heterocycles. The molecule has 0 aliphatic carbocycles. The number of amidine groups is 1. The Morgan fingerprint density at radius 1 is 1.06 bits per heavy atom. The van der Waals surface area contributed by atoms with Crippen LogP contribution in [0.2, 0.25) is 0 Å². The summed E-state index contributed by atoms with van der Waals surface area (Å²) >= 11 is 0. The number of carbonyl (C=O) groups excluding carboxylic acids is 2. The number of hydrogen-bond acceptors (Lipinski definition) is 8. The number of hydrogen-bond donors (Lipinski definition) is 2. The van der Waals surface area contributed by atoms with Gasteiger partial charge in [-0.05, 0) is 38.8 Å². The number of alkyl carbamates (subject to hydrolysis) is 1. The average Bonchev–Trinajstić information content (AvgIpc) is 2.85. The zero-order valence-corrected chi connectivity index (χ0v) is 21.2. The summed E-state index contributed by atoms with van der Waals surface area (Å²) < 4.78 is 16.3. The average molecular weight is 498 g/mol. The SMILES string of the molecule is CC(C)(C)OC(=O)NC(=N)c1ccc(OCCCN2CCN(C(=O)OCc3ccccc3)CC2)nc1. The minimum atomic E-state index is -0.683. The van der Waals surface area contributed by atoms with Crippen molar-refractivity contribution < 1.29 is 23.8 Å². The van der Waals surface area contributed by atoms with Crippen LogP contribution in [0.4, 0.5) is 9.59 Å². The first-order valence-electron chi connectivity index (χ1n) is 12.1. The lowest BCUT2D eigenvalue weighted by Crippen LogP contribution is -2.49. The molecule has 1 aromatic carbocycles. The van der Waals surface area contributed by atoms with Gasteiger partial charge < -0.3 is 19.1 Å². The van der Waals surface area contributed by atoms with Crippen LogP contribution in [0.3, 0.4) is 0 Å². The Kier molecular flexibility index (Phi) is 9.63. The van der Waals surface area contributed by atoms with Crippen LogP contribution in [0.5, 0.6) is 5.88 Å². The number of amides is 2. The lowest BCUT2D eigenvalue weighted by atomic mass is 10.2. The Bertz CT molecular complexity index is 1000. The van der Waals surface area contributed by atoms with E-state index in [4.69, 9.17) is 19.6 Å². The Hall–Kier alpha value is -3.66. The van der Waals surface area contributed by atoms with Gasteiger partial charge in [0.05, 0.1) is 6.61 Å². The van der Waals surface area contributed by atoms with E-state index in [1.165, 1.54) is 6.20 Å². The molecule has 1 aromatic heterocycles. The van der Waals surface area contributed by atoms with E-state index in [1.54, 1.807) is 37.8 Å². The van der Waals surface area contributed by atoms with Gasteiger partial charge in [0.25, 0.3) is 0 Å². The van der Waals surface area contributed by atoms with Crippen LogP contribution in [0, 0.1) is 5.41 Å². The normalized spacial score (nSPS) is 14.1. The minimum Gasteiger partial charge on any atom is -0.478 e. The van der Waals surface area contributed by atoms with E-state index < -0.39 is 11.7 Å². The number of aromatic nitrogens is 1. The van der Waals surface area contributed by atoms with E-state index in [0.717, 1.165) is 31.6 Å². The van der Waals surface area contributed by atoms with Gasteiger partial charge in [-0.3, -0.25) is 15.6 Å². The predicted octanol–water partition coefficient (Wildman–Crippen LogP) is 3.65. The maximum atomic E-state index is 12.3. The van der Waals surface area contributed by atoms with Crippen molar-refractivity contribution in [2.45, 2.75) is 39.4 Å². The molecule has 10 nitrogen and oxygen atoms in total. The molecule has 2 aromatic rings. The highest BCUT2D eigenvalue weighted by molar-refractivity contribution is 6.04. The van der Waals surface area contributed by atoms with Crippen molar-refractivity contribution in [3.8, 4) is 5.88 Å². The van der Waals surface area contributed by atoms with Crippen LogP contribution in [-0.2, 0) is 16.1 Å². The Morgan fingerprint density at radius 3 is 2.42 bits per heavy atom. The largest absolute Gasteiger partial charge is 0.478 e. The first-order chi connectivity index (χ1) is 17.2. The van der Waals surface area contributed by atoms with Gasteiger partial charge in [0.2, 0.25) is 5.88 Å². The molecule has 0 bridgehead atoms. The molecule has 0 atom stereocenters. The standard InChI is InChI=1S/C26H35N5O5/c1-26(2,3)36-24(32)29-23(27)21-10-11-22(28-18-21)34-17-7-12-30-13-15-31(16-14-30)25(33)35-19-20-8-5-4-6-9-20/h4-6,8-11,18H,7,12-17,19H2,1-3H3,(H2,27,29,32). The quantitative estimate of drug-likeness (QED) is 0.325. The second-order valence-corrected chi connectivity index (χ2v) is 9.46. The Morgan fingerprint density at radius 2 is 1.78 bits per heavy atom. The summed E-state index contributed by atoms with van der Waals surface area (Å²) in [6.07, 6.45) is 1.34. The summed E-state index contributed by atoms with van der Waals surface area (Å²) in [5.74, 6) is 0.362. The molecule has 194 valence electrons. The number of carbonyl (C=O) groups is 2. The molecule has 2 N–H and O–H groups in total. The molecule has 0 spiro atoms. The fourth-order valence-corrected chi connectivity index (χ4v) is 3.52. The number of benzene rings is 1. The Labute approximate surface area is 212 Å². The van der Waals surface area contributed by atoms with Crippen molar-refractivity contribution in [1.29, 1.82) is 5.41 Å². The number of pyridine rings is 1. The predicted molar refractivity (Wildman–Crippen MR) is 135 cm³/mol. The van der Waals surface area contributed by atoms with Crippen molar-refractivity contribution in [3.63, 3.8) is 0 Å². The molecule has 2 amide bonds. The maximum absolute atomic E-state index is 12.3. The van der Waals surface area contributed by atoms with Gasteiger partial charge >= 0.3 is 12.2 Å². The number of rotatable bonds is 8. The van der Waals surface area contributed by atoms with Crippen LogP contribution < -0.4 is 10.1 Å². The number of nitrogens with zero attached hydrogens (tertiary/aromatic N) is 3. The van der Waals surface area contributed by atoms with E-state index in [0.29, 0.717) is 31.1 Å². The lowest BCUT2D eigenvalue weighted by molar-refractivity contribution is 0.0562. The molecule has 3 rings (SSSR count). The zero-order chi connectivity index (χ0) is 26.0. The van der Waals surface area contributed by atoms with Crippen LogP contribution in [0.1, 0.15) is 38.3 Å². The molecular weight excluding hydrogens is 462 g/mol. The molecule has 0 saturated carbocycles. The van der Waals surface area contributed by atoms with Crippen LogP contribution in [0.15, 0.2) is 48.7 Å². The monoisotopic (exact) mass is 497 g/mol.